The van der Waals surface area contributed by atoms with Gasteiger partial charge in [-0.2, -0.15) is 0 Å². The van der Waals surface area contributed by atoms with E-state index in [1.165, 1.54) is 18.3 Å². The van der Waals surface area contributed by atoms with Crippen LogP contribution in [0.2, 0.25) is 0 Å². The quantitative estimate of drug-likeness (QED) is 0.479. The number of nitrogens with one attached hydrogen (secondary N) is 4. The zero-order chi connectivity index (χ0) is 19.9. The number of carbonyl (C=O) groups is 3. The van der Waals surface area contributed by atoms with Gasteiger partial charge in [0.05, 0.1) is 11.2 Å². The fourth-order valence-electron chi connectivity index (χ4n) is 2.30. The Kier molecular flexibility index (Phi) is 5.97. The number of carbonyl (C=O) groups excluding carboxylic acids is 3. The fraction of sp³-hybridized carbons (Fsp3) is 0.0526. The van der Waals surface area contributed by atoms with Gasteiger partial charge in [-0.3, -0.25) is 25.2 Å². The first-order valence-corrected chi connectivity index (χ1v) is 9.19. The molecule has 0 bridgehead atoms. The normalized spacial score (nSPS) is 10.0. The second kappa shape index (κ2) is 8.78. The molecule has 142 valence electrons. The van der Waals surface area contributed by atoms with Crippen LogP contribution in [0.5, 0.6) is 0 Å². The molecule has 0 fully saturated rings. The van der Waals surface area contributed by atoms with Gasteiger partial charge in [0.25, 0.3) is 11.8 Å². The van der Waals surface area contributed by atoms with Crippen molar-refractivity contribution >= 4 is 46.1 Å². The van der Waals surface area contributed by atoms with Crippen molar-refractivity contribution in [3.8, 4) is 0 Å². The number of hydrogen-bond donors (Lipinski definition) is 4. The molecule has 3 amide bonds. The first kappa shape index (κ1) is 19.1. The number of thiazole rings is 1. The maximum absolute atomic E-state index is 12.4. The Morgan fingerprint density at radius 1 is 0.893 bits per heavy atom. The number of hydrogen-bond acceptors (Lipinski definition) is 6. The molecule has 0 saturated carbocycles. The minimum atomic E-state index is -0.352. The summed E-state index contributed by atoms with van der Waals surface area (Å²) in [7, 11) is 0. The second-order valence-corrected chi connectivity index (χ2v) is 6.46. The molecule has 1 heterocycles. The Bertz CT molecular complexity index is 987. The van der Waals surface area contributed by atoms with E-state index in [9.17, 15) is 14.4 Å². The minimum absolute atomic E-state index is 0.177. The SMILES string of the molecule is CC(=O)Nc1ccc(C(=O)Nc2cccc(NNC(=O)c3cscn3)c2)cc1. The third-order valence-electron chi connectivity index (χ3n) is 3.57. The predicted molar refractivity (Wildman–Crippen MR) is 108 cm³/mol. The van der Waals surface area contributed by atoms with E-state index in [-0.39, 0.29) is 17.7 Å². The molecular weight excluding hydrogens is 378 g/mol. The fourth-order valence-corrected chi connectivity index (χ4v) is 2.84. The molecule has 3 aromatic rings. The van der Waals surface area contributed by atoms with Crippen LogP contribution in [0, 0.1) is 0 Å². The van der Waals surface area contributed by atoms with Crippen LogP contribution in [-0.2, 0) is 4.79 Å². The largest absolute Gasteiger partial charge is 0.326 e. The summed E-state index contributed by atoms with van der Waals surface area (Å²) in [6.07, 6.45) is 0. The molecule has 0 unspecified atom stereocenters. The van der Waals surface area contributed by atoms with E-state index in [4.69, 9.17) is 0 Å². The number of amides is 3. The van der Waals surface area contributed by atoms with Gasteiger partial charge in [0, 0.05) is 29.2 Å². The first-order valence-electron chi connectivity index (χ1n) is 8.25. The van der Waals surface area contributed by atoms with Gasteiger partial charge in [-0.15, -0.1) is 11.3 Å². The number of nitrogens with zero attached hydrogens (tertiary/aromatic N) is 1. The maximum atomic E-state index is 12.4. The highest BCUT2D eigenvalue weighted by Crippen LogP contribution is 2.16. The first-order chi connectivity index (χ1) is 13.5. The third-order valence-corrected chi connectivity index (χ3v) is 4.16. The Hall–Kier alpha value is -3.72. The molecule has 0 radical (unpaired) electrons. The lowest BCUT2D eigenvalue weighted by molar-refractivity contribution is -0.114. The molecule has 4 N–H and O–H groups in total. The van der Waals surface area contributed by atoms with E-state index >= 15 is 0 Å². The van der Waals surface area contributed by atoms with Crippen molar-refractivity contribution in [3.05, 3.63) is 70.7 Å². The van der Waals surface area contributed by atoms with Crippen LogP contribution in [0.3, 0.4) is 0 Å². The monoisotopic (exact) mass is 395 g/mol. The maximum Gasteiger partial charge on any atom is 0.289 e. The summed E-state index contributed by atoms with van der Waals surface area (Å²) in [6, 6.07) is 13.5. The van der Waals surface area contributed by atoms with Crippen LogP contribution < -0.4 is 21.5 Å². The Morgan fingerprint density at radius 3 is 2.32 bits per heavy atom. The van der Waals surface area contributed by atoms with Crippen LogP contribution in [-0.4, -0.2) is 22.7 Å². The molecular formula is C19H17N5O3S. The topological polar surface area (TPSA) is 112 Å². The van der Waals surface area contributed by atoms with Gasteiger partial charge in [-0.05, 0) is 42.5 Å². The standard InChI is InChI=1S/C19H17N5O3S/c1-12(25)21-14-7-5-13(6-8-14)18(26)22-15-3-2-4-16(9-15)23-24-19(27)17-10-28-11-20-17/h2-11,23H,1H3,(H,21,25)(H,22,26)(H,24,27). The highest BCUT2D eigenvalue weighted by Gasteiger charge is 2.09. The van der Waals surface area contributed by atoms with Crippen molar-refractivity contribution in [2.75, 3.05) is 16.1 Å². The number of aromatic nitrogens is 1. The Balaban J connectivity index is 1.59. The zero-order valence-electron chi connectivity index (χ0n) is 14.9. The minimum Gasteiger partial charge on any atom is -0.326 e. The van der Waals surface area contributed by atoms with Crippen LogP contribution >= 0.6 is 11.3 Å². The van der Waals surface area contributed by atoms with E-state index in [0.717, 1.165) is 0 Å². The summed E-state index contributed by atoms with van der Waals surface area (Å²) >= 11 is 1.33. The highest BCUT2D eigenvalue weighted by molar-refractivity contribution is 7.07. The molecule has 0 aliphatic heterocycles. The molecule has 9 heteroatoms. The summed E-state index contributed by atoms with van der Waals surface area (Å²) in [6.45, 7) is 1.42. The average Bonchev–Trinajstić information content (AvgIpc) is 3.21. The van der Waals surface area contributed by atoms with Gasteiger partial charge < -0.3 is 10.6 Å². The zero-order valence-corrected chi connectivity index (χ0v) is 15.7. The van der Waals surface area contributed by atoms with Gasteiger partial charge in [-0.1, -0.05) is 6.07 Å². The lowest BCUT2D eigenvalue weighted by atomic mass is 10.2. The van der Waals surface area contributed by atoms with Crippen LogP contribution in [0.15, 0.2) is 59.4 Å². The molecule has 3 rings (SSSR count). The second-order valence-electron chi connectivity index (χ2n) is 5.75. The van der Waals surface area contributed by atoms with Gasteiger partial charge in [0.1, 0.15) is 5.69 Å². The summed E-state index contributed by atoms with van der Waals surface area (Å²) in [5.74, 6) is -0.823. The average molecular weight is 395 g/mol. The highest BCUT2D eigenvalue weighted by atomic mass is 32.1. The van der Waals surface area contributed by atoms with Crippen molar-refractivity contribution < 1.29 is 14.4 Å². The van der Waals surface area contributed by atoms with E-state index in [1.807, 2.05) is 0 Å². The third kappa shape index (κ3) is 5.15. The van der Waals surface area contributed by atoms with E-state index in [0.29, 0.717) is 28.3 Å². The van der Waals surface area contributed by atoms with Gasteiger partial charge >= 0.3 is 0 Å². The van der Waals surface area contributed by atoms with Gasteiger partial charge in [0.15, 0.2) is 0 Å². The van der Waals surface area contributed by atoms with Crippen molar-refractivity contribution in [1.29, 1.82) is 0 Å². The van der Waals surface area contributed by atoms with Crippen LogP contribution in [0.1, 0.15) is 27.8 Å². The molecule has 0 aliphatic carbocycles. The van der Waals surface area contributed by atoms with Crippen molar-refractivity contribution in [2.24, 2.45) is 0 Å². The molecule has 2 aromatic carbocycles. The lowest BCUT2D eigenvalue weighted by Gasteiger charge is -2.10. The van der Waals surface area contributed by atoms with Crippen LogP contribution in [0.4, 0.5) is 17.1 Å². The van der Waals surface area contributed by atoms with Crippen molar-refractivity contribution in [2.45, 2.75) is 6.92 Å². The van der Waals surface area contributed by atoms with E-state index in [1.54, 1.807) is 59.4 Å². The molecule has 8 nitrogen and oxygen atoms in total. The molecule has 28 heavy (non-hydrogen) atoms. The summed E-state index contributed by atoms with van der Waals surface area (Å²) < 4.78 is 0. The van der Waals surface area contributed by atoms with E-state index < -0.39 is 0 Å². The summed E-state index contributed by atoms with van der Waals surface area (Å²) in [5, 5.41) is 7.07. The predicted octanol–water partition coefficient (Wildman–Crippen LogP) is 3.11. The smallest absolute Gasteiger partial charge is 0.289 e. The molecule has 0 atom stereocenters. The number of rotatable bonds is 6. The van der Waals surface area contributed by atoms with E-state index in [2.05, 4.69) is 26.5 Å². The molecule has 0 spiro atoms. The van der Waals surface area contributed by atoms with Crippen molar-refractivity contribution in [1.82, 2.24) is 10.4 Å². The number of anilines is 3. The van der Waals surface area contributed by atoms with Crippen molar-refractivity contribution in [3.63, 3.8) is 0 Å². The molecule has 0 aliphatic rings. The lowest BCUT2D eigenvalue weighted by Crippen LogP contribution is -2.29. The molecule has 1 aromatic heterocycles. The number of benzene rings is 2. The molecule has 0 saturated heterocycles. The number of hydrazine groups is 1. The van der Waals surface area contributed by atoms with Gasteiger partial charge in [-0.25, -0.2) is 4.98 Å². The summed E-state index contributed by atoms with van der Waals surface area (Å²) in [4.78, 5) is 39.2. The van der Waals surface area contributed by atoms with Crippen LogP contribution in [0.25, 0.3) is 0 Å². The Morgan fingerprint density at radius 2 is 1.64 bits per heavy atom. The summed E-state index contributed by atoms with van der Waals surface area (Å²) in [5.41, 5.74) is 9.45. The van der Waals surface area contributed by atoms with Gasteiger partial charge in [0.2, 0.25) is 5.91 Å². The Labute approximate surface area is 165 Å².